The zero-order valence-corrected chi connectivity index (χ0v) is 7.98. The van der Waals surface area contributed by atoms with E-state index in [0.29, 0.717) is 6.29 Å². The summed E-state index contributed by atoms with van der Waals surface area (Å²) in [6, 6.07) is 1.25. The highest BCUT2D eigenvalue weighted by Gasteiger charge is 2.13. The summed E-state index contributed by atoms with van der Waals surface area (Å²) in [4.78, 5) is 10.5. The fraction of sp³-hybridized carbons (Fsp3) is 0.222. The maximum Gasteiger partial charge on any atom is 0.153 e. The molecule has 0 radical (unpaired) electrons. The number of rotatable bonds is 2. The second-order valence-electron chi connectivity index (χ2n) is 2.54. The van der Waals surface area contributed by atoms with Gasteiger partial charge in [-0.1, -0.05) is 11.6 Å². The highest BCUT2D eigenvalue weighted by atomic mass is 35.5. The molecule has 4 heteroatoms. The first-order chi connectivity index (χ1) is 6.11. The molecule has 13 heavy (non-hydrogen) atoms. The Labute approximate surface area is 80.3 Å². The molecule has 0 heterocycles. The monoisotopic (exact) mass is 202 g/mol. The van der Waals surface area contributed by atoms with Crippen LogP contribution in [0.25, 0.3) is 0 Å². The van der Waals surface area contributed by atoms with E-state index in [9.17, 15) is 9.18 Å². The van der Waals surface area contributed by atoms with Gasteiger partial charge in [0.15, 0.2) is 6.29 Å². The Bertz CT molecular complexity index is 350. The third-order valence-corrected chi connectivity index (χ3v) is 2.03. The molecule has 1 aromatic rings. The molecule has 1 aromatic carbocycles. The molecule has 0 amide bonds. The smallest absolute Gasteiger partial charge is 0.153 e. The quantitative estimate of drug-likeness (QED) is 0.689. The first-order valence-electron chi connectivity index (χ1n) is 3.59. The summed E-state index contributed by atoms with van der Waals surface area (Å²) in [6.07, 6.45) is 0.581. The molecule has 0 aliphatic heterocycles. The van der Waals surface area contributed by atoms with Crippen molar-refractivity contribution in [2.24, 2.45) is 0 Å². The average molecular weight is 203 g/mol. The number of methoxy groups -OCH3 is 1. The van der Waals surface area contributed by atoms with Gasteiger partial charge in [0.1, 0.15) is 11.6 Å². The van der Waals surface area contributed by atoms with Crippen LogP contribution >= 0.6 is 11.6 Å². The first kappa shape index (κ1) is 9.99. The van der Waals surface area contributed by atoms with Crippen molar-refractivity contribution in [1.82, 2.24) is 0 Å². The Morgan fingerprint density at radius 2 is 2.23 bits per heavy atom. The van der Waals surface area contributed by atoms with E-state index in [1.807, 2.05) is 0 Å². The molecular weight excluding hydrogens is 195 g/mol. The van der Waals surface area contributed by atoms with Gasteiger partial charge < -0.3 is 4.74 Å². The summed E-state index contributed by atoms with van der Waals surface area (Å²) >= 11 is 5.54. The van der Waals surface area contributed by atoms with Gasteiger partial charge in [-0.05, 0) is 13.0 Å². The number of benzene rings is 1. The van der Waals surface area contributed by atoms with Crippen molar-refractivity contribution in [2.75, 3.05) is 7.11 Å². The minimum atomic E-state index is -0.552. The van der Waals surface area contributed by atoms with Gasteiger partial charge in [-0.3, -0.25) is 4.79 Å². The standard InChI is InChI=1S/C9H8ClFO2/c1-5-8(11)7(10)3-6(4-12)9(5)13-2/h3-4H,1-2H3. The fourth-order valence-corrected chi connectivity index (χ4v) is 1.38. The van der Waals surface area contributed by atoms with Crippen molar-refractivity contribution in [3.63, 3.8) is 0 Å². The largest absolute Gasteiger partial charge is 0.496 e. The van der Waals surface area contributed by atoms with Crippen molar-refractivity contribution >= 4 is 17.9 Å². The van der Waals surface area contributed by atoms with Crippen LogP contribution in [0.2, 0.25) is 5.02 Å². The fourth-order valence-electron chi connectivity index (χ4n) is 1.12. The molecule has 0 spiro atoms. The van der Waals surface area contributed by atoms with Crippen molar-refractivity contribution in [1.29, 1.82) is 0 Å². The number of ether oxygens (including phenoxy) is 1. The van der Waals surface area contributed by atoms with E-state index in [2.05, 4.69) is 0 Å². The second-order valence-corrected chi connectivity index (χ2v) is 2.94. The molecule has 0 unspecified atom stereocenters. The topological polar surface area (TPSA) is 26.3 Å². The number of carbonyl (C=O) groups is 1. The van der Waals surface area contributed by atoms with Gasteiger partial charge in [0.2, 0.25) is 0 Å². The molecular formula is C9H8ClFO2. The maximum absolute atomic E-state index is 13.2. The van der Waals surface area contributed by atoms with E-state index in [4.69, 9.17) is 16.3 Å². The summed E-state index contributed by atoms with van der Waals surface area (Å²) in [5.41, 5.74) is 0.503. The van der Waals surface area contributed by atoms with Crippen molar-refractivity contribution < 1.29 is 13.9 Å². The third-order valence-electron chi connectivity index (χ3n) is 1.76. The minimum Gasteiger partial charge on any atom is -0.496 e. The summed E-state index contributed by atoms with van der Waals surface area (Å²) in [6.45, 7) is 1.51. The molecule has 0 N–H and O–H groups in total. The molecule has 0 bridgehead atoms. The Morgan fingerprint density at radius 3 is 2.69 bits per heavy atom. The average Bonchev–Trinajstić information content (AvgIpc) is 2.13. The van der Waals surface area contributed by atoms with E-state index in [1.54, 1.807) is 0 Å². The molecule has 0 aliphatic carbocycles. The number of halogens is 2. The van der Waals surface area contributed by atoms with Crippen molar-refractivity contribution in [3.05, 3.63) is 28.0 Å². The Morgan fingerprint density at radius 1 is 1.62 bits per heavy atom. The van der Waals surface area contributed by atoms with Crippen LogP contribution in [0, 0.1) is 12.7 Å². The third kappa shape index (κ3) is 1.65. The molecule has 0 aliphatic rings. The zero-order chi connectivity index (χ0) is 10.0. The molecule has 0 aromatic heterocycles. The molecule has 2 nitrogen and oxygen atoms in total. The maximum atomic E-state index is 13.2. The lowest BCUT2D eigenvalue weighted by Gasteiger charge is -2.08. The Kier molecular flexibility index (Phi) is 2.88. The van der Waals surface area contributed by atoms with Crippen LogP contribution in [0.4, 0.5) is 4.39 Å². The van der Waals surface area contributed by atoms with Gasteiger partial charge in [0.05, 0.1) is 17.7 Å². The predicted molar refractivity (Wildman–Crippen MR) is 48.1 cm³/mol. The SMILES string of the molecule is COc1c(C=O)cc(Cl)c(F)c1C. The van der Waals surface area contributed by atoms with Gasteiger partial charge in [0, 0.05) is 5.56 Å². The molecule has 1 rings (SSSR count). The lowest BCUT2D eigenvalue weighted by Crippen LogP contribution is -1.97. The zero-order valence-electron chi connectivity index (χ0n) is 7.23. The lowest BCUT2D eigenvalue weighted by atomic mass is 10.1. The van der Waals surface area contributed by atoms with E-state index in [-0.39, 0.29) is 21.9 Å². The number of hydrogen-bond donors (Lipinski definition) is 0. The highest BCUT2D eigenvalue weighted by Crippen LogP contribution is 2.29. The van der Waals surface area contributed by atoms with Crippen LogP contribution in [-0.2, 0) is 0 Å². The number of carbonyl (C=O) groups excluding carboxylic acids is 1. The summed E-state index contributed by atoms with van der Waals surface area (Å²) in [7, 11) is 1.38. The summed E-state index contributed by atoms with van der Waals surface area (Å²) in [5, 5.41) is -0.0691. The summed E-state index contributed by atoms with van der Waals surface area (Å²) in [5.74, 6) is -0.319. The molecule has 0 saturated heterocycles. The van der Waals surface area contributed by atoms with E-state index >= 15 is 0 Å². The van der Waals surface area contributed by atoms with Crippen LogP contribution in [-0.4, -0.2) is 13.4 Å². The normalized spacial score (nSPS) is 9.85. The lowest BCUT2D eigenvalue weighted by molar-refractivity contribution is 0.112. The van der Waals surface area contributed by atoms with Crippen molar-refractivity contribution in [3.8, 4) is 5.75 Å². The Hall–Kier alpha value is -1.09. The Balaban J connectivity index is 3.47. The first-order valence-corrected chi connectivity index (χ1v) is 3.97. The minimum absolute atomic E-state index is 0.0691. The molecule has 0 fully saturated rings. The van der Waals surface area contributed by atoms with Crippen LogP contribution in [0.15, 0.2) is 6.07 Å². The van der Waals surface area contributed by atoms with E-state index in [0.717, 1.165) is 0 Å². The highest BCUT2D eigenvalue weighted by molar-refractivity contribution is 6.31. The molecule has 0 atom stereocenters. The molecule has 0 saturated carbocycles. The van der Waals surface area contributed by atoms with E-state index < -0.39 is 5.82 Å². The summed E-state index contributed by atoms with van der Waals surface area (Å²) < 4.78 is 18.0. The van der Waals surface area contributed by atoms with Crippen LogP contribution < -0.4 is 4.74 Å². The van der Waals surface area contributed by atoms with Crippen LogP contribution in [0.1, 0.15) is 15.9 Å². The predicted octanol–water partition coefficient (Wildman–Crippen LogP) is 2.61. The van der Waals surface area contributed by atoms with Crippen LogP contribution in [0.5, 0.6) is 5.75 Å². The van der Waals surface area contributed by atoms with Crippen molar-refractivity contribution in [2.45, 2.75) is 6.92 Å². The number of hydrogen-bond acceptors (Lipinski definition) is 2. The van der Waals surface area contributed by atoms with Gasteiger partial charge in [-0.15, -0.1) is 0 Å². The van der Waals surface area contributed by atoms with Crippen LogP contribution in [0.3, 0.4) is 0 Å². The second kappa shape index (κ2) is 3.75. The molecule has 70 valence electrons. The van der Waals surface area contributed by atoms with Gasteiger partial charge in [-0.25, -0.2) is 4.39 Å². The van der Waals surface area contributed by atoms with Gasteiger partial charge in [-0.2, -0.15) is 0 Å². The van der Waals surface area contributed by atoms with E-state index in [1.165, 1.54) is 20.1 Å². The van der Waals surface area contributed by atoms with Gasteiger partial charge >= 0.3 is 0 Å². The van der Waals surface area contributed by atoms with Gasteiger partial charge in [0.25, 0.3) is 0 Å². The number of aldehydes is 1.